The van der Waals surface area contributed by atoms with Crippen LogP contribution >= 0.6 is 0 Å². The summed E-state index contributed by atoms with van der Waals surface area (Å²) in [6, 6.07) is 10.6. The van der Waals surface area contributed by atoms with Gasteiger partial charge in [0.1, 0.15) is 5.82 Å². The van der Waals surface area contributed by atoms with E-state index in [0.29, 0.717) is 12.5 Å². The molecular formula is C19H28N4O. The number of aromatic nitrogens is 2. The lowest BCUT2D eigenvalue weighted by Crippen LogP contribution is -2.30. The van der Waals surface area contributed by atoms with Gasteiger partial charge in [-0.15, -0.1) is 0 Å². The van der Waals surface area contributed by atoms with Gasteiger partial charge >= 0.3 is 0 Å². The number of hydrogen-bond acceptors (Lipinski definition) is 3. The summed E-state index contributed by atoms with van der Waals surface area (Å²) in [7, 11) is 1.95. The van der Waals surface area contributed by atoms with Gasteiger partial charge in [0.15, 0.2) is 0 Å². The Bertz CT molecular complexity index is 658. The lowest BCUT2D eigenvalue weighted by Gasteiger charge is -2.18. The van der Waals surface area contributed by atoms with E-state index in [1.807, 2.05) is 36.5 Å². The summed E-state index contributed by atoms with van der Waals surface area (Å²) in [6.07, 6.45) is 1.70. The van der Waals surface area contributed by atoms with Crippen molar-refractivity contribution in [2.45, 2.75) is 46.2 Å². The molecule has 0 spiro atoms. The molecule has 5 heteroatoms. The number of benzene rings is 1. The Balaban J connectivity index is 1.88. The number of amides is 1. The van der Waals surface area contributed by atoms with Crippen molar-refractivity contribution in [3.63, 3.8) is 0 Å². The second kappa shape index (κ2) is 8.11. The lowest BCUT2D eigenvalue weighted by atomic mass is 10.0. The molecular weight excluding hydrogens is 300 g/mol. The number of nitrogens with one attached hydrogen (secondary N) is 1. The first kappa shape index (κ1) is 18.2. The number of carbonyl (C=O) groups excluding carboxylic acids is 1. The van der Waals surface area contributed by atoms with E-state index in [0.717, 1.165) is 12.4 Å². The fourth-order valence-electron chi connectivity index (χ4n) is 2.63. The molecule has 5 nitrogen and oxygen atoms in total. The van der Waals surface area contributed by atoms with Gasteiger partial charge in [0.2, 0.25) is 5.91 Å². The molecule has 0 radical (unpaired) electrons. The van der Waals surface area contributed by atoms with E-state index in [2.05, 4.69) is 48.5 Å². The van der Waals surface area contributed by atoms with Crippen LogP contribution in [0.3, 0.4) is 0 Å². The highest BCUT2D eigenvalue weighted by atomic mass is 16.2. The molecule has 0 saturated heterocycles. The highest BCUT2D eigenvalue weighted by molar-refractivity contribution is 5.91. The van der Waals surface area contributed by atoms with E-state index in [1.165, 1.54) is 11.1 Å². The molecule has 130 valence electrons. The van der Waals surface area contributed by atoms with Gasteiger partial charge < -0.3 is 5.32 Å². The second-order valence-corrected chi connectivity index (χ2v) is 6.87. The molecule has 0 atom stereocenters. The van der Waals surface area contributed by atoms with Gasteiger partial charge in [-0.05, 0) is 37.9 Å². The quantitative estimate of drug-likeness (QED) is 0.844. The predicted octanol–water partition coefficient (Wildman–Crippen LogP) is 3.66. The smallest absolute Gasteiger partial charge is 0.239 e. The molecule has 1 N–H and O–H groups in total. The third-order valence-corrected chi connectivity index (χ3v) is 3.94. The van der Waals surface area contributed by atoms with Crippen LogP contribution in [0.4, 0.5) is 5.82 Å². The van der Waals surface area contributed by atoms with Crippen molar-refractivity contribution in [1.82, 2.24) is 14.7 Å². The second-order valence-electron chi connectivity index (χ2n) is 6.87. The summed E-state index contributed by atoms with van der Waals surface area (Å²) in [5.41, 5.74) is 2.54. The van der Waals surface area contributed by atoms with Crippen LogP contribution in [0.2, 0.25) is 0 Å². The number of nitrogens with zero attached hydrogens (tertiary/aromatic N) is 3. The number of hydrogen-bond donors (Lipinski definition) is 1. The summed E-state index contributed by atoms with van der Waals surface area (Å²) in [5, 5.41) is 7.16. The molecule has 1 aromatic heterocycles. The summed E-state index contributed by atoms with van der Waals surface area (Å²) in [5.74, 6) is 1.25. The molecule has 0 aliphatic rings. The van der Waals surface area contributed by atoms with Gasteiger partial charge in [-0.2, -0.15) is 5.10 Å². The van der Waals surface area contributed by atoms with E-state index in [4.69, 9.17) is 0 Å². The van der Waals surface area contributed by atoms with Gasteiger partial charge in [-0.25, -0.2) is 4.68 Å². The first-order chi connectivity index (χ1) is 11.4. The minimum absolute atomic E-state index is 0.0290. The zero-order valence-corrected chi connectivity index (χ0v) is 15.3. The van der Waals surface area contributed by atoms with Crippen LogP contribution in [0.1, 0.15) is 50.8 Å². The fraction of sp³-hybridized carbons (Fsp3) is 0.474. The van der Waals surface area contributed by atoms with Crippen molar-refractivity contribution in [3.8, 4) is 0 Å². The van der Waals surface area contributed by atoms with E-state index in [1.54, 1.807) is 6.20 Å². The molecule has 0 bridgehead atoms. The summed E-state index contributed by atoms with van der Waals surface area (Å²) in [6.45, 7) is 9.54. The molecule has 0 fully saturated rings. The van der Waals surface area contributed by atoms with Crippen molar-refractivity contribution in [2.75, 3.05) is 18.9 Å². The Kier molecular flexibility index (Phi) is 6.15. The Labute approximate surface area is 144 Å². The zero-order valence-electron chi connectivity index (χ0n) is 15.3. The van der Waals surface area contributed by atoms with Crippen molar-refractivity contribution < 1.29 is 4.79 Å². The van der Waals surface area contributed by atoms with Crippen LogP contribution in [0.15, 0.2) is 36.5 Å². The van der Waals surface area contributed by atoms with E-state index >= 15 is 0 Å². The molecule has 1 heterocycles. The monoisotopic (exact) mass is 328 g/mol. The molecule has 0 saturated carbocycles. The molecule has 24 heavy (non-hydrogen) atoms. The Hall–Kier alpha value is -2.14. The van der Waals surface area contributed by atoms with E-state index in [-0.39, 0.29) is 11.9 Å². The van der Waals surface area contributed by atoms with Crippen molar-refractivity contribution in [2.24, 2.45) is 0 Å². The summed E-state index contributed by atoms with van der Waals surface area (Å²) >= 11 is 0. The topological polar surface area (TPSA) is 50.2 Å². The average molecular weight is 328 g/mol. The third kappa shape index (κ3) is 4.93. The van der Waals surface area contributed by atoms with E-state index < -0.39 is 0 Å². The average Bonchev–Trinajstić information content (AvgIpc) is 2.95. The van der Waals surface area contributed by atoms with Crippen LogP contribution in [0.5, 0.6) is 0 Å². The zero-order chi connectivity index (χ0) is 17.7. The first-order valence-electron chi connectivity index (χ1n) is 8.47. The van der Waals surface area contributed by atoms with E-state index in [9.17, 15) is 4.79 Å². The first-order valence-corrected chi connectivity index (χ1v) is 8.47. The van der Waals surface area contributed by atoms with Crippen molar-refractivity contribution >= 4 is 11.7 Å². The highest BCUT2D eigenvalue weighted by Gasteiger charge is 2.12. The van der Waals surface area contributed by atoms with Crippen LogP contribution in [0, 0.1) is 0 Å². The largest absolute Gasteiger partial charge is 0.310 e. The lowest BCUT2D eigenvalue weighted by molar-refractivity contribution is -0.117. The van der Waals surface area contributed by atoms with Gasteiger partial charge in [0.05, 0.1) is 12.7 Å². The maximum absolute atomic E-state index is 12.2. The van der Waals surface area contributed by atoms with Crippen LogP contribution in [-0.2, 0) is 11.3 Å². The Morgan fingerprint density at radius 1 is 1.17 bits per heavy atom. The summed E-state index contributed by atoms with van der Waals surface area (Å²) < 4.78 is 1.81. The predicted molar refractivity (Wildman–Crippen MR) is 98.1 cm³/mol. The SMILES string of the molecule is CC(C)c1ccc(CN(C)CC(=O)Nc2ccnn2C(C)C)cc1. The number of anilines is 1. The Morgan fingerprint density at radius 2 is 1.83 bits per heavy atom. The standard InChI is InChI=1S/C19H28N4O/c1-14(2)17-8-6-16(7-9-17)12-22(5)13-19(24)21-18-10-11-20-23(18)15(3)4/h6-11,14-15H,12-13H2,1-5H3,(H,21,24). The number of likely N-dealkylation sites (N-methyl/N-ethyl adjacent to an activating group) is 1. The van der Waals surface area contributed by atoms with Gasteiger partial charge in [-0.3, -0.25) is 9.69 Å². The number of rotatable bonds is 7. The van der Waals surface area contributed by atoms with Crippen LogP contribution in [0.25, 0.3) is 0 Å². The molecule has 1 aromatic carbocycles. The maximum atomic E-state index is 12.2. The molecule has 0 unspecified atom stereocenters. The summed E-state index contributed by atoms with van der Waals surface area (Å²) in [4.78, 5) is 14.2. The van der Waals surface area contributed by atoms with Crippen molar-refractivity contribution in [3.05, 3.63) is 47.7 Å². The molecule has 0 aliphatic carbocycles. The molecule has 1 amide bonds. The molecule has 2 aromatic rings. The fourth-order valence-corrected chi connectivity index (χ4v) is 2.63. The van der Waals surface area contributed by atoms with Gasteiger partial charge in [-0.1, -0.05) is 38.1 Å². The third-order valence-electron chi connectivity index (χ3n) is 3.94. The molecule has 2 rings (SSSR count). The highest BCUT2D eigenvalue weighted by Crippen LogP contribution is 2.16. The Morgan fingerprint density at radius 3 is 2.42 bits per heavy atom. The minimum Gasteiger partial charge on any atom is -0.310 e. The number of carbonyl (C=O) groups is 1. The maximum Gasteiger partial charge on any atom is 0.239 e. The van der Waals surface area contributed by atoms with Gasteiger partial charge in [0.25, 0.3) is 0 Å². The molecule has 0 aliphatic heterocycles. The van der Waals surface area contributed by atoms with Crippen molar-refractivity contribution in [1.29, 1.82) is 0 Å². The minimum atomic E-state index is -0.0290. The van der Waals surface area contributed by atoms with Crippen LogP contribution < -0.4 is 5.32 Å². The normalized spacial score (nSPS) is 11.5. The van der Waals surface area contributed by atoms with Gasteiger partial charge in [0, 0.05) is 18.7 Å². The van der Waals surface area contributed by atoms with Crippen LogP contribution in [-0.4, -0.2) is 34.2 Å².